The van der Waals surface area contributed by atoms with Gasteiger partial charge in [-0.1, -0.05) is 23.7 Å². The molecule has 1 aromatic carbocycles. The van der Waals surface area contributed by atoms with Crippen molar-refractivity contribution in [1.29, 1.82) is 0 Å². The maximum absolute atomic E-state index is 11.6. The molecule has 18 heavy (non-hydrogen) atoms. The minimum absolute atomic E-state index is 0.0796. The van der Waals surface area contributed by atoms with Crippen LogP contribution in [0.5, 0.6) is 0 Å². The van der Waals surface area contributed by atoms with Gasteiger partial charge in [0.05, 0.1) is 17.3 Å². The third kappa shape index (κ3) is 3.92. The van der Waals surface area contributed by atoms with Crippen molar-refractivity contribution in [2.75, 3.05) is 11.9 Å². The number of halogens is 1. The third-order valence-electron chi connectivity index (χ3n) is 2.47. The summed E-state index contributed by atoms with van der Waals surface area (Å²) in [5.41, 5.74) is 0.536. The van der Waals surface area contributed by atoms with Crippen LogP contribution in [0.2, 0.25) is 5.02 Å². The van der Waals surface area contributed by atoms with E-state index in [4.69, 9.17) is 11.6 Å². The van der Waals surface area contributed by atoms with Crippen molar-refractivity contribution < 1.29 is 9.59 Å². The molecule has 0 aromatic heterocycles. The number of urea groups is 1. The van der Waals surface area contributed by atoms with E-state index in [1.165, 1.54) is 0 Å². The van der Waals surface area contributed by atoms with E-state index in [1.54, 1.807) is 24.3 Å². The van der Waals surface area contributed by atoms with Gasteiger partial charge in [-0.2, -0.15) is 0 Å². The molecule has 1 aliphatic rings. The van der Waals surface area contributed by atoms with Gasteiger partial charge in [0.25, 0.3) is 0 Å². The summed E-state index contributed by atoms with van der Waals surface area (Å²) in [5.74, 6) is -0.311. The summed E-state index contributed by atoms with van der Waals surface area (Å²) >= 11 is 5.89. The Balaban J connectivity index is 1.74. The monoisotopic (exact) mass is 267 g/mol. The van der Waals surface area contributed by atoms with Crippen molar-refractivity contribution in [2.45, 2.75) is 18.9 Å². The average molecular weight is 268 g/mol. The summed E-state index contributed by atoms with van der Waals surface area (Å²) in [6.07, 6.45) is 2.03. The number of carbonyl (C=O) groups excluding carboxylic acids is 2. The number of carbonyl (C=O) groups is 2. The molecule has 0 radical (unpaired) electrons. The fraction of sp³-hybridized carbons (Fsp3) is 0.333. The van der Waals surface area contributed by atoms with Crippen molar-refractivity contribution in [2.24, 2.45) is 0 Å². The molecule has 2 rings (SSSR count). The van der Waals surface area contributed by atoms with Crippen LogP contribution < -0.4 is 16.0 Å². The molecule has 1 saturated carbocycles. The summed E-state index contributed by atoms with van der Waals surface area (Å²) in [5, 5.41) is 8.30. The number of para-hydroxylation sites is 1. The summed E-state index contributed by atoms with van der Waals surface area (Å²) in [6.45, 7) is -0.0796. The lowest BCUT2D eigenvalue weighted by Crippen LogP contribution is -2.40. The molecule has 0 spiro atoms. The van der Waals surface area contributed by atoms with E-state index in [1.807, 2.05) is 0 Å². The van der Waals surface area contributed by atoms with Crippen LogP contribution in [0.4, 0.5) is 10.5 Å². The van der Waals surface area contributed by atoms with Crippen LogP contribution >= 0.6 is 11.6 Å². The maximum Gasteiger partial charge on any atom is 0.315 e. The van der Waals surface area contributed by atoms with Gasteiger partial charge in [-0.3, -0.25) is 4.79 Å². The molecule has 0 bridgehead atoms. The predicted molar refractivity (Wildman–Crippen MR) is 69.6 cm³/mol. The quantitative estimate of drug-likeness (QED) is 0.778. The molecule has 96 valence electrons. The van der Waals surface area contributed by atoms with Gasteiger partial charge in [-0.25, -0.2) is 4.79 Å². The van der Waals surface area contributed by atoms with E-state index in [0.717, 1.165) is 12.8 Å². The van der Waals surface area contributed by atoms with E-state index >= 15 is 0 Å². The third-order valence-corrected chi connectivity index (χ3v) is 2.80. The average Bonchev–Trinajstić information content (AvgIpc) is 3.13. The number of amides is 3. The van der Waals surface area contributed by atoms with Crippen LogP contribution in [0.25, 0.3) is 0 Å². The highest BCUT2D eigenvalue weighted by atomic mass is 35.5. The molecule has 0 atom stereocenters. The SMILES string of the molecule is O=C(CNC(=O)NC1CC1)Nc1ccccc1Cl. The van der Waals surface area contributed by atoms with Gasteiger partial charge in [0.15, 0.2) is 0 Å². The molecule has 0 saturated heterocycles. The number of nitrogens with one attached hydrogen (secondary N) is 3. The van der Waals surface area contributed by atoms with E-state index in [0.29, 0.717) is 10.7 Å². The van der Waals surface area contributed by atoms with Crippen molar-refractivity contribution in [3.8, 4) is 0 Å². The minimum Gasteiger partial charge on any atom is -0.335 e. The van der Waals surface area contributed by atoms with Gasteiger partial charge >= 0.3 is 6.03 Å². The fourth-order valence-corrected chi connectivity index (χ4v) is 1.56. The number of anilines is 1. The van der Waals surface area contributed by atoms with E-state index in [-0.39, 0.29) is 24.5 Å². The standard InChI is InChI=1S/C12H14ClN3O2/c13-9-3-1-2-4-10(9)16-11(17)7-14-12(18)15-8-5-6-8/h1-4,8H,5-7H2,(H,16,17)(H2,14,15,18). The fourth-order valence-electron chi connectivity index (χ4n) is 1.38. The summed E-state index contributed by atoms with van der Waals surface area (Å²) in [7, 11) is 0. The Morgan fingerprint density at radius 1 is 1.28 bits per heavy atom. The van der Waals surface area contributed by atoms with Crippen molar-refractivity contribution >= 4 is 29.2 Å². The second-order valence-electron chi connectivity index (χ2n) is 4.13. The van der Waals surface area contributed by atoms with E-state index < -0.39 is 0 Å². The maximum atomic E-state index is 11.6. The van der Waals surface area contributed by atoms with Crippen LogP contribution in [0.3, 0.4) is 0 Å². The highest BCUT2D eigenvalue weighted by Gasteiger charge is 2.23. The Morgan fingerprint density at radius 3 is 2.67 bits per heavy atom. The zero-order chi connectivity index (χ0) is 13.0. The number of hydrogen-bond acceptors (Lipinski definition) is 2. The van der Waals surface area contributed by atoms with Crippen molar-refractivity contribution in [3.63, 3.8) is 0 Å². The van der Waals surface area contributed by atoms with Gasteiger partial charge in [0.2, 0.25) is 5.91 Å². The Kier molecular flexibility index (Phi) is 4.04. The molecule has 5 nitrogen and oxygen atoms in total. The Labute approximate surface area is 110 Å². The molecule has 3 N–H and O–H groups in total. The Bertz CT molecular complexity index is 460. The molecule has 6 heteroatoms. The second-order valence-corrected chi connectivity index (χ2v) is 4.54. The smallest absolute Gasteiger partial charge is 0.315 e. The molecule has 1 aromatic rings. The minimum atomic E-state index is -0.313. The van der Waals surface area contributed by atoms with Crippen molar-refractivity contribution in [3.05, 3.63) is 29.3 Å². The molecule has 0 heterocycles. The molecular weight excluding hydrogens is 254 g/mol. The first-order chi connectivity index (χ1) is 8.65. The van der Waals surface area contributed by atoms with Gasteiger partial charge in [-0.15, -0.1) is 0 Å². The summed E-state index contributed by atoms with van der Waals surface area (Å²) in [4.78, 5) is 22.8. The molecule has 1 aliphatic carbocycles. The number of hydrogen-bond donors (Lipinski definition) is 3. The summed E-state index contributed by atoms with van der Waals surface area (Å²) < 4.78 is 0. The largest absolute Gasteiger partial charge is 0.335 e. The molecule has 1 fully saturated rings. The number of rotatable bonds is 4. The highest BCUT2D eigenvalue weighted by molar-refractivity contribution is 6.33. The molecular formula is C12H14ClN3O2. The topological polar surface area (TPSA) is 70.2 Å². The highest BCUT2D eigenvalue weighted by Crippen LogP contribution is 2.20. The first kappa shape index (κ1) is 12.7. The van der Waals surface area contributed by atoms with Crippen LogP contribution in [0, 0.1) is 0 Å². The lowest BCUT2D eigenvalue weighted by atomic mass is 10.3. The van der Waals surface area contributed by atoms with Gasteiger partial charge < -0.3 is 16.0 Å². The normalized spacial score (nSPS) is 13.8. The molecule has 0 aliphatic heterocycles. The zero-order valence-electron chi connectivity index (χ0n) is 9.70. The van der Waals surface area contributed by atoms with Gasteiger partial charge in [-0.05, 0) is 25.0 Å². The van der Waals surface area contributed by atoms with Gasteiger partial charge in [0.1, 0.15) is 0 Å². The lowest BCUT2D eigenvalue weighted by molar-refractivity contribution is -0.115. The first-order valence-corrected chi connectivity index (χ1v) is 6.11. The Hall–Kier alpha value is -1.75. The predicted octanol–water partition coefficient (Wildman–Crippen LogP) is 1.74. The van der Waals surface area contributed by atoms with Crippen LogP contribution in [0.1, 0.15) is 12.8 Å². The van der Waals surface area contributed by atoms with Gasteiger partial charge in [0, 0.05) is 6.04 Å². The zero-order valence-corrected chi connectivity index (χ0v) is 10.5. The van der Waals surface area contributed by atoms with Crippen LogP contribution in [-0.2, 0) is 4.79 Å². The molecule has 3 amide bonds. The van der Waals surface area contributed by atoms with Crippen LogP contribution in [0.15, 0.2) is 24.3 Å². The van der Waals surface area contributed by atoms with Crippen molar-refractivity contribution in [1.82, 2.24) is 10.6 Å². The second kappa shape index (κ2) is 5.73. The van der Waals surface area contributed by atoms with E-state index in [2.05, 4.69) is 16.0 Å². The molecule has 0 unspecified atom stereocenters. The first-order valence-electron chi connectivity index (χ1n) is 5.74. The van der Waals surface area contributed by atoms with E-state index in [9.17, 15) is 9.59 Å². The lowest BCUT2D eigenvalue weighted by Gasteiger charge is -2.08. The summed E-state index contributed by atoms with van der Waals surface area (Å²) in [6, 6.07) is 6.89. The number of benzene rings is 1. The Morgan fingerprint density at radius 2 is 2.00 bits per heavy atom. The van der Waals surface area contributed by atoms with Crippen LogP contribution in [-0.4, -0.2) is 24.5 Å².